The average molecular weight is 391 g/mol. The van der Waals surface area contributed by atoms with Gasteiger partial charge in [-0.25, -0.2) is 0 Å². The van der Waals surface area contributed by atoms with E-state index in [4.69, 9.17) is 9.84 Å². The molecule has 4 fully saturated rings. The third-order valence-electron chi connectivity index (χ3n) is 9.21. The highest BCUT2D eigenvalue weighted by atomic mass is 16.5. The van der Waals surface area contributed by atoms with Crippen LogP contribution in [0.4, 0.5) is 0 Å². The molecule has 0 aliphatic heterocycles. The maximum absolute atomic E-state index is 12.2. The molecule has 0 spiro atoms. The Labute approximate surface area is 167 Å². The number of esters is 1. The molecule has 0 heterocycles. The van der Waals surface area contributed by atoms with Crippen molar-refractivity contribution in [2.24, 2.45) is 34.5 Å². The number of carboxylic acid groups (broad SMARTS) is 1. The van der Waals surface area contributed by atoms with Crippen LogP contribution in [-0.4, -0.2) is 28.9 Å². The molecule has 0 saturated heterocycles. The first kappa shape index (κ1) is 19.9. The number of fused-ring (bicyclic) bond motifs is 5. The Hall–Kier alpha value is -1.39. The van der Waals surface area contributed by atoms with Gasteiger partial charge in [0.2, 0.25) is 0 Å². The van der Waals surface area contributed by atoms with Gasteiger partial charge in [-0.2, -0.15) is 0 Å². The summed E-state index contributed by atoms with van der Waals surface area (Å²) in [6.45, 7) is 4.75. The lowest BCUT2D eigenvalue weighted by Crippen LogP contribution is -2.54. The van der Waals surface area contributed by atoms with E-state index in [9.17, 15) is 14.4 Å². The summed E-state index contributed by atoms with van der Waals surface area (Å²) in [7, 11) is 0. The number of rotatable bonds is 4. The maximum atomic E-state index is 12.2. The van der Waals surface area contributed by atoms with Gasteiger partial charge in [0, 0.05) is 18.3 Å². The van der Waals surface area contributed by atoms with Crippen molar-refractivity contribution in [2.45, 2.75) is 90.6 Å². The maximum Gasteiger partial charge on any atom is 0.306 e. The number of carboxylic acids is 1. The van der Waals surface area contributed by atoms with E-state index in [-0.39, 0.29) is 30.3 Å². The zero-order chi connectivity index (χ0) is 20.1. The van der Waals surface area contributed by atoms with Crippen molar-refractivity contribution in [1.82, 2.24) is 0 Å². The van der Waals surface area contributed by atoms with Crippen LogP contribution in [0.25, 0.3) is 0 Å². The molecule has 4 saturated carbocycles. The van der Waals surface area contributed by atoms with Gasteiger partial charge in [-0.05, 0) is 74.0 Å². The van der Waals surface area contributed by atoms with E-state index in [0.29, 0.717) is 34.9 Å². The Balaban J connectivity index is 1.47. The molecule has 4 rings (SSSR count). The second kappa shape index (κ2) is 7.14. The predicted octanol–water partition coefficient (Wildman–Crippen LogP) is 4.37. The second-order valence-corrected chi connectivity index (χ2v) is 10.4. The summed E-state index contributed by atoms with van der Waals surface area (Å²) in [6, 6.07) is 0. The lowest BCUT2D eigenvalue weighted by molar-refractivity contribution is -0.165. The van der Waals surface area contributed by atoms with E-state index in [1.807, 2.05) is 0 Å². The molecule has 0 bridgehead atoms. The molecule has 4 aliphatic carbocycles. The van der Waals surface area contributed by atoms with E-state index in [1.165, 1.54) is 19.3 Å². The molecular weight excluding hydrogens is 356 g/mol. The van der Waals surface area contributed by atoms with Gasteiger partial charge >= 0.3 is 11.9 Å². The lowest BCUT2D eigenvalue weighted by atomic mass is 9.45. The van der Waals surface area contributed by atoms with Crippen LogP contribution >= 0.6 is 0 Å². The Bertz CT molecular complexity index is 672. The molecular formula is C23H34O5. The summed E-state index contributed by atoms with van der Waals surface area (Å²) in [4.78, 5) is 34.9. The van der Waals surface area contributed by atoms with Crippen LogP contribution < -0.4 is 0 Å². The number of aliphatic carboxylic acids is 1. The largest absolute Gasteiger partial charge is 0.481 e. The molecule has 1 N–H and O–H groups in total. The van der Waals surface area contributed by atoms with Crippen molar-refractivity contribution in [3.8, 4) is 0 Å². The summed E-state index contributed by atoms with van der Waals surface area (Å²) >= 11 is 0. The number of Topliss-reactive ketones (excluding diaryl/α,β-unsaturated/α-hetero) is 1. The quantitative estimate of drug-likeness (QED) is 0.721. The molecule has 0 amide bonds. The van der Waals surface area contributed by atoms with Gasteiger partial charge in [-0.1, -0.05) is 13.8 Å². The Morgan fingerprint density at radius 2 is 1.75 bits per heavy atom. The minimum atomic E-state index is -0.955. The first-order chi connectivity index (χ1) is 13.2. The monoisotopic (exact) mass is 390 g/mol. The first-order valence-corrected chi connectivity index (χ1v) is 11.2. The van der Waals surface area contributed by atoms with E-state index in [1.54, 1.807) is 0 Å². The fourth-order valence-corrected chi connectivity index (χ4v) is 7.62. The number of hydrogen-bond donors (Lipinski definition) is 1. The van der Waals surface area contributed by atoms with Crippen molar-refractivity contribution in [3.05, 3.63) is 0 Å². The third kappa shape index (κ3) is 3.19. The third-order valence-corrected chi connectivity index (χ3v) is 9.21. The van der Waals surface area contributed by atoms with E-state index >= 15 is 0 Å². The topological polar surface area (TPSA) is 80.7 Å². The summed E-state index contributed by atoms with van der Waals surface area (Å²) in [5.41, 5.74) is 0.322. The molecule has 4 aliphatic rings. The normalized spacial score (nSPS) is 44.9. The smallest absolute Gasteiger partial charge is 0.306 e. The average Bonchev–Trinajstić information content (AvgIpc) is 2.97. The van der Waals surface area contributed by atoms with Gasteiger partial charge in [-0.15, -0.1) is 0 Å². The Morgan fingerprint density at radius 3 is 2.50 bits per heavy atom. The van der Waals surface area contributed by atoms with E-state index < -0.39 is 5.97 Å². The van der Waals surface area contributed by atoms with Gasteiger partial charge in [0.15, 0.2) is 0 Å². The number of carbonyl (C=O) groups excluding carboxylic acids is 2. The van der Waals surface area contributed by atoms with E-state index in [2.05, 4.69) is 13.8 Å². The summed E-state index contributed by atoms with van der Waals surface area (Å²) in [5.74, 6) is 1.65. The molecule has 156 valence electrons. The van der Waals surface area contributed by atoms with Crippen LogP contribution in [-0.2, 0) is 19.1 Å². The van der Waals surface area contributed by atoms with Gasteiger partial charge in [0.05, 0.1) is 12.8 Å². The van der Waals surface area contributed by atoms with Gasteiger partial charge in [0.25, 0.3) is 0 Å². The lowest BCUT2D eigenvalue weighted by Gasteiger charge is -2.60. The molecule has 0 aromatic heterocycles. The molecule has 5 heteroatoms. The zero-order valence-corrected chi connectivity index (χ0v) is 17.2. The first-order valence-electron chi connectivity index (χ1n) is 11.2. The zero-order valence-electron chi connectivity index (χ0n) is 17.2. The van der Waals surface area contributed by atoms with Gasteiger partial charge in [0.1, 0.15) is 11.9 Å². The summed E-state index contributed by atoms with van der Waals surface area (Å²) in [5, 5.41) is 8.80. The van der Waals surface area contributed by atoms with Crippen molar-refractivity contribution in [1.29, 1.82) is 0 Å². The molecule has 0 unspecified atom stereocenters. The molecule has 5 nitrogen and oxygen atoms in total. The van der Waals surface area contributed by atoms with Crippen LogP contribution in [0.5, 0.6) is 0 Å². The van der Waals surface area contributed by atoms with E-state index in [0.717, 1.165) is 38.5 Å². The standard InChI is InChI=1S/C23H34O5/c1-22-11-9-15(24)13-14(22)3-4-16-17-5-6-19(23(17,2)12-10-18(16)22)28-21(27)8-7-20(25)26/h14,16-19H,3-13H2,1-2H3,(H,25,26)/t14-,16+,17+,18+,19-,22+,23+/m1/s1. The van der Waals surface area contributed by atoms with Crippen LogP contribution in [0.3, 0.4) is 0 Å². The summed E-state index contributed by atoms with van der Waals surface area (Å²) in [6.07, 6.45) is 8.95. The Morgan fingerprint density at radius 1 is 1.00 bits per heavy atom. The minimum absolute atomic E-state index is 0.0216. The fraction of sp³-hybridized carbons (Fsp3) is 0.870. The van der Waals surface area contributed by atoms with Crippen LogP contribution in [0, 0.1) is 34.5 Å². The van der Waals surface area contributed by atoms with Crippen molar-refractivity contribution < 1.29 is 24.2 Å². The SMILES string of the molecule is C[C@]12CCC(=O)C[C@H]1CC[C@@H]1[C@@H]2CC[C@]2(C)[C@H](OC(=O)CCC(=O)O)CC[C@@H]12. The fourth-order valence-electron chi connectivity index (χ4n) is 7.62. The minimum Gasteiger partial charge on any atom is -0.481 e. The highest BCUT2D eigenvalue weighted by Gasteiger charge is 2.61. The predicted molar refractivity (Wildman–Crippen MR) is 103 cm³/mol. The van der Waals surface area contributed by atoms with Gasteiger partial charge < -0.3 is 9.84 Å². The number of hydrogen-bond acceptors (Lipinski definition) is 4. The molecule has 0 aromatic carbocycles. The molecule has 0 aromatic rings. The van der Waals surface area contributed by atoms with Crippen LogP contribution in [0.2, 0.25) is 0 Å². The van der Waals surface area contributed by atoms with Crippen LogP contribution in [0.15, 0.2) is 0 Å². The van der Waals surface area contributed by atoms with Gasteiger partial charge in [-0.3, -0.25) is 14.4 Å². The van der Waals surface area contributed by atoms with Crippen molar-refractivity contribution >= 4 is 17.7 Å². The Kier molecular flexibility index (Phi) is 5.08. The van der Waals surface area contributed by atoms with Crippen molar-refractivity contribution in [3.63, 3.8) is 0 Å². The molecule has 28 heavy (non-hydrogen) atoms. The van der Waals surface area contributed by atoms with Crippen LogP contribution in [0.1, 0.15) is 84.5 Å². The summed E-state index contributed by atoms with van der Waals surface area (Å²) < 4.78 is 5.81. The highest BCUT2D eigenvalue weighted by Crippen LogP contribution is 2.66. The molecule has 0 radical (unpaired) electrons. The molecule has 7 atom stereocenters. The van der Waals surface area contributed by atoms with Crippen molar-refractivity contribution in [2.75, 3.05) is 0 Å². The number of ketones is 1. The number of carbonyl (C=O) groups is 3. The highest BCUT2D eigenvalue weighted by molar-refractivity contribution is 5.79. The number of ether oxygens (including phenoxy) is 1. The second-order valence-electron chi connectivity index (χ2n) is 10.4.